The van der Waals surface area contributed by atoms with E-state index in [2.05, 4.69) is 10.2 Å². The lowest BCUT2D eigenvalue weighted by Crippen LogP contribution is -2.03. The van der Waals surface area contributed by atoms with Crippen LogP contribution in [0, 0.1) is 17.0 Å². The van der Waals surface area contributed by atoms with Gasteiger partial charge in [0.1, 0.15) is 5.69 Å². The molecule has 0 unspecified atom stereocenters. The molecule has 0 saturated heterocycles. The molecule has 2 rings (SSSR count). The van der Waals surface area contributed by atoms with E-state index >= 15 is 0 Å². The van der Waals surface area contributed by atoms with Crippen LogP contribution >= 0.6 is 0 Å². The van der Waals surface area contributed by atoms with Crippen LogP contribution in [0.15, 0.2) is 24.3 Å². The van der Waals surface area contributed by atoms with Crippen molar-refractivity contribution in [3.05, 3.63) is 45.6 Å². The molecule has 0 aliphatic heterocycles. The van der Waals surface area contributed by atoms with Crippen LogP contribution in [0.5, 0.6) is 0 Å². The molecule has 1 aromatic heterocycles. The number of hydrogen-bond donors (Lipinski definition) is 1. The van der Waals surface area contributed by atoms with Crippen molar-refractivity contribution in [3.63, 3.8) is 0 Å². The molecule has 0 aliphatic carbocycles. The largest absolute Gasteiger partial charge is 0.476 e. The number of nitrogens with zero attached hydrogens (tertiary/aromatic N) is 4. The Kier molecular flexibility index (Phi) is 2.76. The van der Waals surface area contributed by atoms with Crippen molar-refractivity contribution in [2.45, 2.75) is 6.92 Å². The molecule has 0 fully saturated rings. The number of carbonyl (C=O) groups is 1. The second kappa shape index (κ2) is 4.24. The minimum absolute atomic E-state index is 0.464. The van der Waals surface area contributed by atoms with Crippen molar-refractivity contribution in [3.8, 4) is 5.69 Å². The fourth-order valence-corrected chi connectivity index (χ4v) is 1.43. The molecular weight excluding hydrogens is 240 g/mol. The first kappa shape index (κ1) is 11.7. The van der Waals surface area contributed by atoms with Gasteiger partial charge in [-0.15, -0.1) is 5.10 Å². The van der Waals surface area contributed by atoms with Gasteiger partial charge in [-0.05, 0) is 29.5 Å². The summed E-state index contributed by atoms with van der Waals surface area (Å²) in [7, 11) is 0. The maximum Gasteiger partial charge on any atom is 0.425 e. The lowest BCUT2D eigenvalue weighted by molar-refractivity contribution is -0.390. The Balaban J connectivity index is 2.57. The standard InChI is InChI=1S/C10H8N4O4/c1-6-3-2-4-7(5-6)13-11-8(10(15)16)9(12-13)14(17)18/h2-5H,1H3,(H,15,16). The fourth-order valence-electron chi connectivity index (χ4n) is 1.43. The Bertz CT molecular complexity index is 603. The van der Waals surface area contributed by atoms with Crippen LogP contribution < -0.4 is 0 Å². The third kappa shape index (κ3) is 2.03. The van der Waals surface area contributed by atoms with Crippen LogP contribution in [-0.2, 0) is 0 Å². The molecule has 0 saturated carbocycles. The number of rotatable bonds is 3. The van der Waals surface area contributed by atoms with Crippen molar-refractivity contribution >= 4 is 11.8 Å². The zero-order chi connectivity index (χ0) is 13.3. The molecule has 1 heterocycles. The molecule has 0 amide bonds. The average molecular weight is 248 g/mol. The third-order valence-electron chi connectivity index (χ3n) is 2.20. The Hall–Kier alpha value is -2.77. The van der Waals surface area contributed by atoms with Crippen molar-refractivity contribution in [2.75, 3.05) is 0 Å². The van der Waals surface area contributed by atoms with E-state index in [4.69, 9.17) is 5.11 Å². The van der Waals surface area contributed by atoms with Crippen molar-refractivity contribution in [1.82, 2.24) is 15.0 Å². The molecule has 0 aliphatic rings. The molecule has 0 bridgehead atoms. The summed E-state index contributed by atoms with van der Waals surface area (Å²) in [6.07, 6.45) is 0. The molecular formula is C10H8N4O4. The number of carboxylic acid groups (broad SMARTS) is 1. The highest BCUT2D eigenvalue weighted by Gasteiger charge is 2.28. The number of aromatic carboxylic acids is 1. The van der Waals surface area contributed by atoms with Gasteiger partial charge < -0.3 is 15.2 Å². The highest BCUT2D eigenvalue weighted by Crippen LogP contribution is 2.16. The molecule has 18 heavy (non-hydrogen) atoms. The van der Waals surface area contributed by atoms with E-state index in [-0.39, 0.29) is 0 Å². The predicted molar refractivity (Wildman–Crippen MR) is 59.7 cm³/mol. The normalized spacial score (nSPS) is 10.3. The van der Waals surface area contributed by atoms with Crippen LogP contribution in [0.4, 0.5) is 5.82 Å². The van der Waals surface area contributed by atoms with Gasteiger partial charge in [-0.2, -0.15) is 0 Å². The summed E-state index contributed by atoms with van der Waals surface area (Å²) in [5, 5.41) is 26.6. The number of carboxylic acids is 1. The van der Waals surface area contributed by atoms with Crippen molar-refractivity contribution in [1.29, 1.82) is 0 Å². The average Bonchev–Trinajstić information content (AvgIpc) is 2.73. The molecule has 8 heteroatoms. The molecule has 0 spiro atoms. The van der Waals surface area contributed by atoms with Crippen LogP contribution in [-0.4, -0.2) is 31.0 Å². The van der Waals surface area contributed by atoms with E-state index < -0.39 is 22.4 Å². The zero-order valence-corrected chi connectivity index (χ0v) is 9.27. The van der Waals surface area contributed by atoms with Gasteiger partial charge in [0.15, 0.2) is 0 Å². The maximum atomic E-state index is 10.8. The Morgan fingerprint density at radius 1 is 1.44 bits per heavy atom. The molecule has 0 atom stereocenters. The molecule has 8 nitrogen and oxygen atoms in total. The fraction of sp³-hybridized carbons (Fsp3) is 0.100. The van der Waals surface area contributed by atoms with Crippen molar-refractivity contribution < 1.29 is 14.8 Å². The third-order valence-corrected chi connectivity index (χ3v) is 2.20. The lowest BCUT2D eigenvalue weighted by atomic mass is 10.2. The SMILES string of the molecule is Cc1cccc(-n2nc(C(=O)O)c([N+](=O)[O-])n2)c1. The first-order valence-electron chi connectivity index (χ1n) is 4.91. The van der Waals surface area contributed by atoms with Gasteiger partial charge in [-0.3, -0.25) is 0 Å². The smallest absolute Gasteiger partial charge is 0.425 e. The van der Waals surface area contributed by atoms with Gasteiger partial charge >= 0.3 is 11.8 Å². The van der Waals surface area contributed by atoms with Crippen LogP contribution in [0.3, 0.4) is 0 Å². The number of aromatic nitrogens is 3. The van der Waals surface area contributed by atoms with Gasteiger partial charge in [0.25, 0.3) is 5.69 Å². The molecule has 1 aromatic carbocycles. The van der Waals surface area contributed by atoms with Crippen LogP contribution in [0.1, 0.15) is 16.1 Å². The van der Waals surface area contributed by atoms with Gasteiger partial charge in [-0.1, -0.05) is 16.9 Å². The summed E-state index contributed by atoms with van der Waals surface area (Å²) in [6, 6.07) is 6.87. The minimum Gasteiger partial charge on any atom is -0.476 e. The topological polar surface area (TPSA) is 111 Å². The van der Waals surface area contributed by atoms with Gasteiger partial charge in [0, 0.05) is 0 Å². The summed E-state index contributed by atoms with van der Waals surface area (Å²) in [5.74, 6) is -2.26. The second-order valence-electron chi connectivity index (χ2n) is 3.56. The van der Waals surface area contributed by atoms with E-state index in [1.807, 2.05) is 13.0 Å². The highest BCUT2D eigenvalue weighted by atomic mass is 16.6. The summed E-state index contributed by atoms with van der Waals surface area (Å²) < 4.78 is 0. The van der Waals surface area contributed by atoms with E-state index in [0.717, 1.165) is 10.4 Å². The van der Waals surface area contributed by atoms with Gasteiger partial charge in [0.05, 0.1) is 5.10 Å². The summed E-state index contributed by atoms with van der Waals surface area (Å²) in [6.45, 7) is 1.83. The maximum absolute atomic E-state index is 10.8. The van der Waals surface area contributed by atoms with E-state index in [9.17, 15) is 14.9 Å². The van der Waals surface area contributed by atoms with E-state index in [1.165, 1.54) is 0 Å². The van der Waals surface area contributed by atoms with E-state index in [0.29, 0.717) is 5.69 Å². The Morgan fingerprint density at radius 2 is 2.17 bits per heavy atom. The molecule has 92 valence electrons. The molecule has 1 N–H and O–H groups in total. The quantitative estimate of drug-likeness (QED) is 0.644. The Labute approximate surface area is 101 Å². The summed E-state index contributed by atoms with van der Waals surface area (Å²) >= 11 is 0. The number of benzene rings is 1. The summed E-state index contributed by atoms with van der Waals surface area (Å²) in [4.78, 5) is 21.5. The van der Waals surface area contributed by atoms with Gasteiger partial charge in [0.2, 0.25) is 0 Å². The first-order chi connectivity index (χ1) is 8.49. The predicted octanol–water partition coefficient (Wildman–Crippen LogP) is 1.18. The number of nitro groups is 1. The lowest BCUT2D eigenvalue weighted by Gasteiger charge is -1.95. The monoisotopic (exact) mass is 248 g/mol. The number of hydrogen-bond acceptors (Lipinski definition) is 5. The highest BCUT2D eigenvalue weighted by molar-refractivity contribution is 5.88. The Morgan fingerprint density at radius 3 is 2.67 bits per heavy atom. The minimum atomic E-state index is -1.49. The van der Waals surface area contributed by atoms with Crippen LogP contribution in [0.25, 0.3) is 5.69 Å². The number of aryl methyl sites for hydroxylation is 1. The second-order valence-corrected chi connectivity index (χ2v) is 3.56. The first-order valence-corrected chi connectivity index (χ1v) is 4.91. The molecule has 2 aromatic rings. The zero-order valence-electron chi connectivity index (χ0n) is 9.27. The molecule has 0 radical (unpaired) electrons. The van der Waals surface area contributed by atoms with E-state index in [1.54, 1.807) is 18.2 Å². The van der Waals surface area contributed by atoms with Crippen molar-refractivity contribution in [2.24, 2.45) is 0 Å². The van der Waals surface area contributed by atoms with Gasteiger partial charge in [-0.25, -0.2) is 4.79 Å². The van der Waals surface area contributed by atoms with Crippen LogP contribution in [0.2, 0.25) is 0 Å². The summed E-state index contributed by atoms with van der Waals surface area (Å²) in [5.41, 5.74) is 0.691.